The second-order valence-corrected chi connectivity index (χ2v) is 8.19. The van der Waals surface area contributed by atoms with Crippen LogP contribution >= 0.6 is 0 Å². The highest BCUT2D eigenvalue weighted by Crippen LogP contribution is 2.21. The molecule has 0 spiro atoms. The predicted molar refractivity (Wildman–Crippen MR) is 106 cm³/mol. The number of methoxy groups -OCH3 is 2. The van der Waals surface area contributed by atoms with Crippen molar-refractivity contribution in [1.82, 2.24) is 0 Å². The van der Waals surface area contributed by atoms with Crippen molar-refractivity contribution in [3.05, 3.63) is 0 Å². The molecule has 0 fully saturated rings. The highest BCUT2D eigenvalue weighted by atomic mass is 16.5. The molecule has 0 saturated carbocycles. The van der Waals surface area contributed by atoms with Gasteiger partial charge in [0, 0.05) is 0 Å². The van der Waals surface area contributed by atoms with Gasteiger partial charge in [-0.1, -0.05) is 54.4 Å². The van der Waals surface area contributed by atoms with Crippen LogP contribution in [0.25, 0.3) is 0 Å². The first kappa shape index (κ1) is 27.1. The molecular formula is C21H42O5. The Kier molecular flexibility index (Phi) is 15.7. The number of aliphatic hydroxyl groups excluding tert-OH is 1. The van der Waals surface area contributed by atoms with Crippen LogP contribution in [-0.4, -0.2) is 37.4 Å². The third-order valence-corrected chi connectivity index (χ3v) is 4.50. The van der Waals surface area contributed by atoms with Gasteiger partial charge in [0.25, 0.3) is 0 Å². The van der Waals surface area contributed by atoms with Gasteiger partial charge in [-0.25, -0.2) is 0 Å². The van der Waals surface area contributed by atoms with Crippen molar-refractivity contribution in [3.8, 4) is 0 Å². The molecule has 3 atom stereocenters. The Labute approximate surface area is 160 Å². The largest absolute Gasteiger partial charge is 0.469 e. The van der Waals surface area contributed by atoms with Crippen LogP contribution in [0.3, 0.4) is 0 Å². The van der Waals surface area contributed by atoms with Gasteiger partial charge >= 0.3 is 11.9 Å². The first-order valence-corrected chi connectivity index (χ1v) is 9.81. The molecule has 0 saturated heterocycles. The van der Waals surface area contributed by atoms with Crippen LogP contribution in [0.5, 0.6) is 0 Å². The minimum Gasteiger partial charge on any atom is -0.469 e. The van der Waals surface area contributed by atoms with E-state index >= 15 is 0 Å². The number of hydrogen-bond acceptors (Lipinski definition) is 5. The van der Waals surface area contributed by atoms with E-state index in [1.54, 1.807) is 6.92 Å². The lowest BCUT2D eigenvalue weighted by Gasteiger charge is -2.18. The first-order valence-electron chi connectivity index (χ1n) is 9.81. The van der Waals surface area contributed by atoms with E-state index in [9.17, 15) is 14.7 Å². The number of ether oxygens (including phenoxy) is 2. The highest BCUT2D eigenvalue weighted by molar-refractivity contribution is 5.73. The van der Waals surface area contributed by atoms with Crippen molar-refractivity contribution < 1.29 is 24.2 Å². The van der Waals surface area contributed by atoms with Gasteiger partial charge in [-0.2, -0.15) is 0 Å². The number of esters is 2. The molecule has 0 aliphatic heterocycles. The molecule has 0 heterocycles. The van der Waals surface area contributed by atoms with E-state index in [2.05, 4.69) is 46.3 Å². The van der Waals surface area contributed by atoms with Gasteiger partial charge in [-0.3, -0.25) is 9.59 Å². The summed E-state index contributed by atoms with van der Waals surface area (Å²) in [7, 11) is 2.82. The molecule has 1 N–H and O–H groups in total. The lowest BCUT2D eigenvalue weighted by molar-refractivity contribution is -0.149. The molecule has 0 radical (unpaired) electrons. The molecule has 0 aliphatic rings. The minimum absolute atomic E-state index is 0.0596. The number of carbonyl (C=O) groups excluding carboxylic acids is 2. The first-order chi connectivity index (χ1) is 12.0. The van der Waals surface area contributed by atoms with Gasteiger partial charge in [-0.05, 0) is 37.5 Å². The molecule has 0 amide bonds. The van der Waals surface area contributed by atoms with Gasteiger partial charge in [0.15, 0.2) is 0 Å². The Balaban J connectivity index is 0. The quantitative estimate of drug-likeness (QED) is 0.572. The summed E-state index contributed by atoms with van der Waals surface area (Å²) in [5.41, 5.74) is 0. The lowest BCUT2D eigenvalue weighted by Crippen LogP contribution is -2.27. The maximum atomic E-state index is 11.3. The fraction of sp³-hybridized carbons (Fsp3) is 0.905. The smallest absolute Gasteiger partial charge is 0.311 e. The summed E-state index contributed by atoms with van der Waals surface area (Å²) in [5.74, 6) is 0.925. The molecule has 0 aromatic rings. The zero-order chi connectivity index (χ0) is 20.9. The molecular weight excluding hydrogens is 332 g/mol. The number of hydrogen-bond donors (Lipinski definition) is 1. The predicted octanol–water partition coefficient (Wildman–Crippen LogP) is 4.46. The molecule has 0 bridgehead atoms. The highest BCUT2D eigenvalue weighted by Gasteiger charge is 2.24. The fourth-order valence-electron chi connectivity index (χ4n) is 2.61. The second kappa shape index (κ2) is 15.0. The van der Waals surface area contributed by atoms with Crippen molar-refractivity contribution in [2.75, 3.05) is 14.2 Å². The van der Waals surface area contributed by atoms with E-state index in [0.29, 0.717) is 24.2 Å². The lowest BCUT2D eigenvalue weighted by atomic mass is 9.89. The summed E-state index contributed by atoms with van der Waals surface area (Å²) in [6.07, 6.45) is 3.05. The summed E-state index contributed by atoms with van der Waals surface area (Å²) in [5, 5.41) is 9.33. The van der Waals surface area contributed by atoms with Crippen molar-refractivity contribution >= 4 is 11.9 Å². The van der Waals surface area contributed by atoms with Gasteiger partial charge < -0.3 is 14.6 Å². The van der Waals surface area contributed by atoms with Crippen molar-refractivity contribution in [2.45, 2.75) is 80.3 Å². The Morgan fingerprint density at radius 2 is 1.04 bits per heavy atom. The van der Waals surface area contributed by atoms with Crippen molar-refractivity contribution in [1.29, 1.82) is 0 Å². The molecule has 156 valence electrons. The van der Waals surface area contributed by atoms with Gasteiger partial charge in [0.2, 0.25) is 0 Å². The Morgan fingerprint density at radius 3 is 1.31 bits per heavy atom. The van der Waals surface area contributed by atoms with Gasteiger partial charge in [0.1, 0.15) is 0 Å². The minimum atomic E-state index is -0.619. The zero-order valence-corrected chi connectivity index (χ0v) is 18.4. The monoisotopic (exact) mass is 374 g/mol. The van der Waals surface area contributed by atoms with Crippen LogP contribution in [0.4, 0.5) is 0 Å². The van der Waals surface area contributed by atoms with Crippen LogP contribution in [0, 0.1) is 29.6 Å². The van der Waals surface area contributed by atoms with Crippen LogP contribution in [0.15, 0.2) is 0 Å². The average Bonchev–Trinajstić information content (AvgIpc) is 2.53. The van der Waals surface area contributed by atoms with E-state index in [0.717, 1.165) is 19.3 Å². The second-order valence-electron chi connectivity index (χ2n) is 8.19. The van der Waals surface area contributed by atoms with Crippen molar-refractivity contribution in [3.63, 3.8) is 0 Å². The summed E-state index contributed by atoms with van der Waals surface area (Å²) in [4.78, 5) is 22.5. The molecule has 0 aliphatic carbocycles. The van der Waals surface area contributed by atoms with Crippen LogP contribution in [0.2, 0.25) is 0 Å². The van der Waals surface area contributed by atoms with Crippen molar-refractivity contribution in [2.24, 2.45) is 29.6 Å². The maximum absolute atomic E-state index is 11.3. The Bertz CT molecular complexity index is 339. The summed E-state index contributed by atoms with van der Waals surface area (Å²) in [6.45, 7) is 14.3. The van der Waals surface area contributed by atoms with E-state index in [-0.39, 0.29) is 23.8 Å². The summed E-state index contributed by atoms with van der Waals surface area (Å²) < 4.78 is 9.37. The number of rotatable bonds is 10. The zero-order valence-electron chi connectivity index (χ0n) is 18.4. The molecule has 5 nitrogen and oxygen atoms in total. The van der Waals surface area contributed by atoms with Crippen LogP contribution < -0.4 is 0 Å². The average molecular weight is 375 g/mol. The van der Waals surface area contributed by atoms with Crippen LogP contribution in [0.1, 0.15) is 74.1 Å². The standard InChI is InChI=1S/C11H22O2.C10H20O3/c1-8(2)6-7-10(9(3)4)11(12)13-5;1-7(2)5-6-9(8(3)11)10(12)13-4/h8-10H,6-7H2,1-5H3;7-9,11H,5-6H2,1-4H3/t10-;8-,9-/m00/s1. The molecule has 0 unspecified atom stereocenters. The van der Waals surface area contributed by atoms with Gasteiger partial charge in [0.05, 0.1) is 32.2 Å². The molecule has 26 heavy (non-hydrogen) atoms. The third kappa shape index (κ3) is 13.2. The van der Waals surface area contributed by atoms with E-state index in [4.69, 9.17) is 4.74 Å². The SMILES string of the molecule is COC(=O)[C@@H](CCC(C)C)C(C)C.COC(=O)[C@@H](CCC(C)C)[C@H](C)O. The third-order valence-electron chi connectivity index (χ3n) is 4.50. The maximum Gasteiger partial charge on any atom is 0.311 e. The number of aliphatic hydroxyl groups is 1. The van der Waals surface area contributed by atoms with Crippen LogP contribution in [-0.2, 0) is 19.1 Å². The van der Waals surface area contributed by atoms with E-state index in [1.165, 1.54) is 14.2 Å². The number of carbonyl (C=O) groups is 2. The van der Waals surface area contributed by atoms with E-state index < -0.39 is 6.10 Å². The molecule has 0 aromatic carbocycles. The topological polar surface area (TPSA) is 72.8 Å². The van der Waals surface area contributed by atoms with Gasteiger partial charge in [-0.15, -0.1) is 0 Å². The molecule has 5 heteroatoms. The van der Waals surface area contributed by atoms with E-state index in [1.807, 2.05) is 0 Å². The molecule has 0 aromatic heterocycles. The Hall–Kier alpha value is -1.10. The molecule has 0 rings (SSSR count). The Morgan fingerprint density at radius 1 is 0.692 bits per heavy atom. The fourth-order valence-corrected chi connectivity index (χ4v) is 2.61. The summed E-state index contributed by atoms with van der Waals surface area (Å²) in [6, 6.07) is 0. The normalized spacial score (nSPS) is 14.5. The summed E-state index contributed by atoms with van der Waals surface area (Å²) >= 11 is 0.